The molecule has 3 aromatic rings. The molecule has 2 aliphatic heterocycles. The van der Waals surface area contributed by atoms with Crippen LogP contribution in [0.2, 0.25) is 5.02 Å². The van der Waals surface area contributed by atoms with Crippen LogP contribution in [0.25, 0.3) is 6.08 Å². The summed E-state index contributed by atoms with van der Waals surface area (Å²) in [6, 6.07) is 16.9. The second-order valence-corrected chi connectivity index (χ2v) is 11.8. The van der Waals surface area contributed by atoms with Gasteiger partial charge in [0.1, 0.15) is 9.94 Å². The second-order valence-electron chi connectivity index (χ2n) is 8.90. The third-order valence-corrected chi connectivity index (χ3v) is 8.37. The normalized spacial score (nSPS) is 16.1. The van der Waals surface area contributed by atoms with Gasteiger partial charge in [-0.1, -0.05) is 59.1 Å². The number of carbonyl (C=O) groups excluding carboxylic acids is 1. The number of fused-ring (bicyclic) bond motifs is 1. The van der Waals surface area contributed by atoms with Crippen LogP contribution in [0.3, 0.4) is 0 Å². The average Bonchev–Trinajstić information content (AvgIpc) is 3.33. The van der Waals surface area contributed by atoms with Gasteiger partial charge in [0.25, 0.3) is 5.91 Å². The Morgan fingerprint density at radius 2 is 1.70 bits per heavy atom. The van der Waals surface area contributed by atoms with Gasteiger partial charge >= 0.3 is 10.1 Å². The van der Waals surface area contributed by atoms with E-state index in [2.05, 4.69) is 10.1 Å². The van der Waals surface area contributed by atoms with E-state index in [0.29, 0.717) is 15.8 Å². The first-order valence-corrected chi connectivity index (χ1v) is 14.7. The quantitative estimate of drug-likeness (QED) is 0.271. The summed E-state index contributed by atoms with van der Waals surface area (Å²) in [6.45, 7) is 5.75. The number of hydrogen-bond donors (Lipinski definition) is 1. The average molecular weight is 595 g/mol. The zero-order valence-corrected chi connectivity index (χ0v) is 24.0. The van der Waals surface area contributed by atoms with Crippen molar-refractivity contribution < 1.29 is 22.1 Å². The maximum absolute atomic E-state index is 12.9. The molecule has 0 aromatic heterocycles. The summed E-state index contributed by atoms with van der Waals surface area (Å²) in [6.07, 6.45) is 1.43. The first-order valence-electron chi connectivity index (χ1n) is 12.1. The molecule has 2 aliphatic rings. The van der Waals surface area contributed by atoms with Crippen LogP contribution in [0, 0.1) is 19.3 Å². The monoisotopic (exact) mass is 594 g/mol. The van der Waals surface area contributed by atoms with E-state index in [4.69, 9.17) is 25.9 Å². The van der Waals surface area contributed by atoms with E-state index >= 15 is 0 Å². The third-order valence-electron chi connectivity index (χ3n) is 5.90. The number of hydrogen-bond acceptors (Lipinski definition) is 8. The number of carbonyl (C=O) groups is 1. The highest BCUT2D eigenvalue weighted by molar-refractivity contribution is 8.27. The van der Waals surface area contributed by atoms with Crippen LogP contribution in [0.4, 0.5) is 0 Å². The zero-order chi connectivity index (χ0) is 28.6. The van der Waals surface area contributed by atoms with Gasteiger partial charge < -0.3 is 8.92 Å². The van der Waals surface area contributed by atoms with Crippen LogP contribution in [-0.4, -0.2) is 42.0 Å². The minimum absolute atomic E-state index is 0.0160. The van der Waals surface area contributed by atoms with E-state index in [1.165, 1.54) is 47.1 Å². The number of rotatable bonds is 7. The number of thioether (sulfide) groups is 1. The summed E-state index contributed by atoms with van der Waals surface area (Å²) < 4.78 is 36.8. The van der Waals surface area contributed by atoms with Crippen molar-refractivity contribution in [3.63, 3.8) is 0 Å². The molecule has 5 rings (SSSR count). The number of nitrogens with one attached hydrogen (secondary N) is 1. The van der Waals surface area contributed by atoms with Gasteiger partial charge in [0.05, 0.1) is 17.2 Å². The highest BCUT2D eigenvalue weighted by Crippen LogP contribution is 2.40. The van der Waals surface area contributed by atoms with Crippen LogP contribution in [0.15, 0.2) is 81.2 Å². The Kier molecular flexibility index (Phi) is 7.54. The summed E-state index contributed by atoms with van der Waals surface area (Å²) in [5.74, 6) is -0.880. The van der Waals surface area contributed by atoms with E-state index in [1.807, 2.05) is 38.1 Å². The minimum Gasteiger partial charge on any atom is -0.490 e. The molecular formula is C28H23ClN4O5S2. The molecule has 40 heavy (non-hydrogen) atoms. The number of amides is 1. The highest BCUT2D eigenvalue weighted by Gasteiger charge is 2.36. The van der Waals surface area contributed by atoms with Crippen LogP contribution in [-0.2, 0) is 14.9 Å². The van der Waals surface area contributed by atoms with Gasteiger partial charge in [-0.2, -0.15) is 23.5 Å². The molecule has 0 aliphatic carbocycles. The lowest BCUT2D eigenvalue weighted by atomic mass is 10.1. The van der Waals surface area contributed by atoms with Crippen molar-refractivity contribution >= 4 is 61.5 Å². The van der Waals surface area contributed by atoms with Crippen LogP contribution in [0.5, 0.6) is 11.5 Å². The van der Waals surface area contributed by atoms with E-state index in [1.54, 1.807) is 19.1 Å². The second kappa shape index (κ2) is 10.9. The standard InChI is InChI=1S/C28H23ClN4O5S2/c1-4-37-23-15-18(14-22(29)24(23)38-40(35,36)20-11-7-17(3)8-12-20)13-21-25(30)33-28(31-26(21)34)39-27(32-33)19-9-5-16(2)6-10-19/h5-15,30H,4H2,1-3H3/b21-13-,30-25?. The van der Waals surface area contributed by atoms with E-state index in [9.17, 15) is 13.2 Å². The summed E-state index contributed by atoms with van der Waals surface area (Å²) in [5.41, 5.74) is 3.22. The lowest BCUT2D eigenvalue weighted by molar-refractivity contribution is -0.114. The lowest BCUT2D eigenvalue weighted by Gasteiger charge is -2.20. The fraction of sp³-hybridized carbons (Fsp3) is 0.143. The van der Waals surface area contributed by atoms with Crippen molar-refractivity contribution in [3.05, 3.63) is 93.5 Å². The Bertz CT molecular complexity index is 1730. The summed E-state index contributed by atoms with van der Waals surface area (Å²) in [4.78, 5) is 17.0. The van der Waals surface area contributed by atoms with Gasteiger partial charge in [-0.15, -0.1) is 0 Å². The number of aliphatic imine (C=N–C) groups is 1. The van der Waals surface area contributed by atoms with Crippen molar-refractivity contribution in [2.75, 3.05) is 6.61 Å². The van der Waals surface area contributed by atoms with Crippen LogP contribution in [0.1, 0.15) is 29.2 Å². The van der Waals surface area contributed by atoms with Gasteiger partial charge in [-0.25, -0.2) is 0 Å². The van der Waals surface area contributed by atoms with Crippen molar-refractivity contribution in [1.82, 2.24) is 5.01 Å². The van der Waals surface area contributed by atoms with Gasteiger partial charge in [0.15, 0.2) is 11.6 Å². The third kappa shape index (κ3) is 5.53. The predicted molar refractivity (Wildman–Crippen MR) is 157 cm³/mol. The molecule has 0 unspecified atom stereocenters. The van der Waals surface area contributed by atoms with E-state index in [0.717, 1.165) is 16.7 Å². The first-order chi connectivity index (χ1) is 19.1. The Morgan fingerprint density at radius 3 is 2.35 bits per heavy atom. The molecule has 2 heterocycles. The summed E-state index contributed by atoms with van der Waals surface area (Å²) in [7, 11) is -4.20. The van der Waals surface area contributed by atoms with Gasteiger partial charge in [0, 0.05) is 5.56 Å². The maximum Gasteiger partial charge on any atom is 0.339 e. The molecule has 9 nitrogen and oxygen atoms in total. The summed E-state index contributed by atoms with van der Waals surface area (Å²) in [5, 5.41) is 15.3. The van der Waals surface area contributed by atoms with Gasteiger partial charge in [-0.05, 0) is 68.4 Å². The zero-order valence-electron chi connectivity index (χ0n) is 21.6. The largest absolute Gasteiger partial charge is 0.490 e. The minimum atomic E-state index is -4.20. The molecule has 204 valence electrons. The predicted octanol–water partition coefficient (Wildman–Crippen LogP) is 5.79. The number of benzene rings is 3. The first kappa shape index (κ1) is 27.6. The van der Waals surface area contributed by atoms with Crippen LogP contribution >= 0.6 is 23.4 Å². The molecule has 1 amide bonds. The molecule has 0 atom stereocenters. The SMILES string of the molecule is CCOc1cc(/C=C2/C(=N)N3N=C(c4ccc(C)cc4)SC3=NC2=O)cc(Cl)c1OS(=O)(=O)c1ccc(C)cc1. The summed E-state index contributed by atoms with van der Waals surface area (Å²) >= 11 is 7.68. The highest BCUT2D eigenvalue weighted by atomic mass is 35.5. The Balaban J connectivity index is 1.47. The molecule has 0 bridgehead atoms. The molecule has 0 saturated heterocycles. The smallest absolute Gasteiger partial charge is 0.339 e. The van der Waals surface area contributed by atoms with Crippen LogP contribution < -0.4 is 8.92 Å². The number of ether oxygens (including phenoxy) is 1. The van der Waals surface area contributed by atoms with Gasteiger partial charge in [0.2, 0.25) is 10.9 Å². The number of nitrogens with zero attached hydrogens (tertiary/aromatic N) is 3. The number of halogens is 1. The molecule has 0 fully saturated rings. The fourth-order valence-corrected chi connectivity index (χ4v) is 6.01. The molecule has 0 saturated carbocycles. The topological polar surface area (TPSA) is 121 Å². The van der Waals surface area contributed by atoms with Gasteiger partial charge in [-0.3, -0.25) is 10.2 Å². The van der Waals surface area contributed by atoms with E-state index < -0.39 is 16.0 Å². The Labute approximate surface area is 240 Å². The maximum atomic E-state index is 12.9. The molecule has 0 radical (unpaired) electrons. The molecular weight excluding hydrogens is 572 g/mol. The fourth-order valence-electron chi connectivity index (χ4n) is 3.85. The Morgan fingerprint density at radius 1 is 1.05 bits per heavy atom. The molecule has 3 aromatic carbocycles. The lowest BCUT2D eigenvalue weighted by Crippen LogP contribution is -2.35. The van der Waals surface area contributed by atoms with Crippen molar-refractivity contribution in [1.29, 1.82) is 5.41 Å². The number of amidine groups is 2. The van der Waals surface area contributed by atoms with E-state index in [-0.39, 0.29) is 39.4 Å². The molecule has 12 heteroatoms. The van der Waals surface area contributed by atoms with Crippen molar-refractivity contribution in [2.24, 2.45) is 10.1 Å². The Hall–Kier alpha value is -3.93. The number of aryl methyl sites for hydroxylation is 2. The van der Waals surface area contributed by atoms with Crippen molar-refractivity contribution in [3.8, 4) is 11.5 Å². The molecule has 1 N–H and O–H groups in total. The number of hydrazone groups is 1. The molecule has 0 spiro atoms. The van der Waals surface area contributed by atoms with Crippen molar-refractivity contribution in [2.45, 2.75) is 25.7 Å².